The highest BCUT2D eigenvalue weighted by atomic mass is 28.4. The fraction of sp³-hybridized carbons (Fsp3) is 0.625. The molecule has 204 valence electrons. The molecule has 1 N–H and O–H groups in total. The summed E-state index contributed by atoms with van der Waals surface area (Å²) < 4.78 is 25.4. The highest BCUT2D eigenvalue weighted by Gasteiger charge is 2.78. The number of methoxy groups -OCH3 is 1. The predicted molar refractivity (Wildman–Crippen MR) is 149 cm³/mol. The second-order valence-corrected chi connectivity index (χ2v) is 18.1. The number of benzene rings is 1. The zero-order valence-electron chi connectivity index (χ0n) is 23.5. The second-order valence-electron chi connectivity index (χ2n) is 13.6. The first-order chi connectivity index (χ1) is 18.1. The molecule has 7 rings (SSSR count). The van der Waals surface area contributed by atoms with Gasteiger partial charge >= 0.3 is 0 Å². The number of hydrogen-bond donors (Lipinski definition) is 1. The summed E-state index contributed by atoms with van der Waals surface area (Å²) in [5.41, 5.74) is 2.44. The maximum absolute atomic E-state index is 11.7. The largest absolute Gasteiger partial charge is 0.547 e. The molecule has 5 aliphatic carbocycles. The quantitative estimate of drug-likeness (QED) is 0.373. The summed E-state index contributed by atoms with van der Waals surface area (Å²) in [4.78, 5) is 0. The molecule has 6 heteroatoms. The van der Waals surface area contributed by atoms with Crippen molar-refractivity contribution in [1.29, 1.82) is 0 Å². The average Bonchev–Trinajstić information content (AvgIpc) is 3.53. The second kappa shape index (κ2) is 8.09. The number of aliphatic hydroxyl groups is 1. The molecular formula is C32H42O5Si. The lowest BCUT2D eigenvalue weighted by Crippen LogP contribution is -2.56. The first-order valence-electron chi connectivity index (χ1n) is 14.5. The van der Waals surface area contributed by atoms with Gasteiger partial charge in [-0.05, 0) is 67.2 Å². The number of aliphatic hydroxyl groups excluding tert-OH is 1. The van der Waals surface area contributed by atoms with Gasteiger partial charge in [-0.1, -0.05) is 50.1 Å². The molecule has 2 bridgehead atoms. The maximum Gasteiger partial charge on any atom is 0.241 e. The highest BCUT2D eigenvalue weighted by Crippen LogP contribution is 2.81. The fourth-order valence-electron chi connectivity index (χ4n) is 9.77. The van der Waals surface area contributed by atoms with E-state index in [0.29, 0.717) is 13.2 Å². The average molecular weight is 535 g/mol. The number of rotatable bonds is 4. The molecule has 0 aromatic heterocycles. The smallest absolute Gasteiger partial charge is 0.241 e. The van der Waals surface area contributed by atoms with E-state index in [-0.39, 0.29) is 34.0 Å². The molecule has 6 aliphatic rings. The van der Waals surface area contributed by atoms with Crippen LogP contribution < -0.4 is 4.74 Å². The Bertz CT molecular complexity index is 1220. The topological polar surface area (TPSA) is 57.2 Å². The monoisotopic (exact) mass is 534 g/mol. The molecule has 1 spiro atoms. The van der Waals surface area contributed by atoms with E-state index in [2.05, 4.69) is 63.0 Å². The summed E-state index contributed by atoms with van der Waals surface area (Å²) in [6, 6.07) is 8.76. The Morgan fingerprint density at radius 3 is 2.37 bits per heavy atom. The van der Waals surface area contributed by atoms with Crippen LogP contribution >= 0.6 is 0 Å². The van der Waals surface area contributed by atoms with Gasteiger partial charge in [0.05, 0.1) is 32.2 Å². The van der Waals surface area contributed by atoms with Gasteiger partial charge in [0, 0.05) is 35.0 Å². The molecule has 1 aromatic rings. The zero-order valence-corrected chi connectivity index (χ0v) is 24.5. The first-order valence-corrected chi connectivity index (χ1v) is 17.9. The van der Waals surface area contributed by atoms with Crippen molar-refractivity contribution in [3.8, 4) is 5.75 Å². The van der Waals surface area contributed by atoms with Crippen LogP contribution in [0.3, 0.4) is 0 Å². The van der Waals surface area contributed by atoms with Gasteiger partial charge < -0.3 is 23.7 Å². The van der Waals surface area contributed by atoms with Crippen LogP contribution in [-0.4, -0.2) is 45.6 Å². The fourth-order valence-corrected chi connectivity index (χ4v) is 10.7. The van der Waals surface area contributed by atoms with Crippen LogP contribution in [0.25, 0.3) is 0 Å². The molecule has 38 heavy (non-hydrogen) atoms. The van der Waals surface area contributed by atoms with Crippen molar-refractivity contribution in [3.05, 3.63) is 65.5 Å². The summed E-state index contributed by atoms with van der Waals surface area (Å²) in [6.07, 6.45) is 14.0. The van der Waals surface area contributed by atoms with Gasteiger partial charge in [0.15, 0.2) is 5.79 Å². The van der Waals surface area contributed by atoms with E-state index in [9.17, 15) is 5.11 Å². The van der Waals surface area contributed by atoms with E-state index in [1.54, 1.807) is 7.11 Å². The molecule has 5 nitrogen and oxygen atoms in total. The van der Waals surface area contributed by atoms with Crippen LogP contribution in [0.15, 0.2) is 59.9 Å². The third-order valence-electron chi connectivity index (χ3n) is 11.0. The Kier molecular flexibility index (Phi) is 5.35. The molecular weight excluding hydrogens is 492 g/mol. The summed E-state index contributed by atoms with van der Waals surface area (Å²) in [5.74, 6) is 1.46. The first kappa shape index (κ1) is 25.1. The lowest BCUT2D eigenvalue weighted by atomic mass is 9.51. The van der Waals surface area contributed by atoms with Gasteiger partial charge in [0.25, 0.3) is 0 Å². The summed E-state index contributed by atoms with van der Waals surface area (Å²) in [7, 11) is -0.216. The third-order valence-corrected chi connectivity index (χ3v) is 11.9. The predicted octanol–water partition coefficient (Wildman–Crippen LogP) is 6.11. The van der Waals surface area contributed by atoms with Crippen LogP contribution in [0, 0.1) is 28.6 Å². The standard InChI is InChI=1S/C32H42O5Si/c1-29-13-6-7-14-30(29)16-17-31(29,21-8-10-22(34-2)11-9-21)27-25(37-38(3,4)5)20-23-26(28(27)30)24(33)12-15-32(23)35-18-19-36-32/h8-12,15-17,23-24,26,28,33H,6-7,13-14,18-20H2,1-5H3/t23-,24-,26+,28+,29+,30+,31-/m1/s1. The Balaban J connectivity index is 1.52. The van der Waals surface area contributed by atoms with Gasteiger partial charge in [-0.25, -0.2) is 0 Å². The number of ether oxygens (including phenoxy) is 3. The maximum atomic E-state index is 11.7. The van der Waals surface area contributed by atoms with Crippen LogP contribution in [0.2, 0.25) is 19.6 Å². The molecule has 1 aliphatic heterocycles. The Morgan fingerprint density at radius 2 is 1.68 bits per heavy atom. The van der Waals surface area contributed by atoms with E-state index in [0.717, 1.165) is 30.8 Å². The lowest BCUT2D eigenvalue weighted by Gasteiger charge is -2.55. The Morgan fingerprint density at radius 1 is 0.974 bits per heavy atom. The van der Waals surface area contributed by atoms with Gasteiger partial charge in [-0.3, -0.25) is 0 Å². The van der Waals surface area contributed by atoms with Crippen molar-refractivity contribution in [2.45, 2.75) is 76.0 Å². The van der Waals surface area contributed by atoms with Crippen molar-refractivity contribution in [2.75, 3.05) is 20.3 Å². The normalized spacial score (nSPS) is 42.3. The van der Waals surface area contributed by atoms with Crippen molar-refractivity contribution in [2.24, 2.45) is 28.6 Å². The van der Waals surface area contributed by atoms with E-state index in [1.165, 1.54) is 24.0 Å². The number of hydrogen-bond acceptors (Lipinski definition) is 5. The number of fused-ring (bicyclic) bond motifs is 5. The summed E-state index contributed by atoms with van der Waals surface area (Å²) >= 11 is 0. The van der Waals surface area contributed by atoms with Gasteiger partial charge in [0.2, 0.25) is 8.32 Å². The van der Waals surface area contributed by atoms with Crippen LogP contribution in [0.4, 0.5) is 0 Å². The molecule has 0 amide bonds. The van der Waals surface area contributed by atoms with Crippen LogP contribution in [-0.2, 0) is 19.3 Å². The van der Waals surface area contributed by atoms with Crippen LogP contribution in [0.1, 0.15) is 44.6 Å². The minimum atomic E-state index is -1.94. The molecule has 1 heterocycles. The Labute approximate surface area is 228 Å². The van der Waals surface area contributed by atoms with Crippen molar-refractivity contribution in [1.82, 2.24) is 0 Å². The van der Waals surface area contributed by atoms with E-state index >= 15 is 0 Å². The minimum Gasteiger partial charge on any atom is -0.547 e. The molecule has 3 fully saturated rings. The zero-order chi connectivity index (χ0) is 26.6. The van der Waals surface area contributed by atoms with E-state index in [4.69, 9.17) is 18.6 Å². The number of allylic oxidation sites excluding steroid dienone is 4. The van der Waals surface area contributed by atoms with Gasteiger partial charge in [-0.15, -0.1) is 0 Å². The molecule has 1 aromatic carbocycles. The molecule has 7 atom stereocenters. The van der Waals surface area contributed by atoms with E-state index < -0.39 is 20.2 Å². The molecule has 0 radical (unpaired) electrons. The summed E-state index contributed by atoms with van der Waals surface area (Å²) in [6.45, 7) is 10.6. The SMILES string of the molecule is COc1ccc([C@@]23C=C[C@@]4(CCCC[C@]24C)[C@@H]2C3=C(O[Si](C)(C)C)C[C@@H]3[C@H]2[C@H](O)C=CC32OCCO2)cc1. The lowest BCUT2D eigenvalue weighted by molar-refractivity contribution is -0.199. The highest BCUT2D eigenvalue weighted by molar-refractivity contribution is 6.70. The Hall–Kier alpha value is -1.86. The molecule has 2 saturated carbocycles. The summed E-state index contributed by atoms with van der Waals surface area (Å²) in [5, 5.41) is 11.7. The molecule has 1 saturated heterocycles. The van der Waals surface area contributed by atoms with Crippen molar-refractivity contribution >= 4 is 8.32 Å². The molecule has 0 unspecified atom stereocenters. The minimum absolute atomic E-state index is 0.00120. The van der Waals surface area contributed by atoms with Gasteiger partial charge in [0.1, 0.15) is 5.75 Å². The van der Waals surface area contributed by atoms with Crippen molar-refractivity contribution in [3.63, 3.8) is 0 Å². The van der Waals surface area contributed by atoms with E-state index in [1.807, 2.05) is 12.2 Å². The van der Waals surface area contributed by atoms with Crippen molar-refractivity contribution < 1.29 is 23.7 Å². The van der Waals surface area contributed by atoms with Gasteiger partial charge in [-0.2, -0.15) is 0 Å². The third kappa shape index (κ3) is 2.98. The van der Waals surface area contributed by atoms with Crippen LogP contribution in [0.5, 0.6) is 5.75 Å².